The fraction of sp³-hybridized carbons (Fsp3) is 0.643. The molecule has 1 aromatic heterocycles. The summed E-state index contributed by atoms with van der Waals surface area (Å²) < 4.78 is 1.50. The lowest BCUT2D eigenvalue weighted by molar-refractivity contribution is -0.127. The highest BCUT2D eigenvalue weighted by atomic mass is 16.2. The van der Waals surface area contributed by atoms with Crippen molar-refractivity contribution < 1.29 is 9.59 Å². The van der Waals surface area contributed by atoms with E-state index < -0.39 is 0 Å². The minimum atomic E-state index is -0.372. The van der Waals surface area contributed by atoms with Crippen LogP contribution in [0.4, 0.5) is 5.69 Å². The van der Waals surface area contributed by atoms with Gasteiger partial charge in [-0.3, -0.25) is 14.3 Å². The number of hydrogen-bond donors (Lipinski definition) is 3. The van der Waals surface area contributed by atoms with Crippen LogP contribution in [0.5, 0.6) is 0 Å². The van der Waals surface area contributed by atoms with Crippen LogP contribution in [0.15, 0.2) is 12.4 Å². The minimum Gasteiger partial charge on any atom is -0.358 e. The Bertz CT molecular complexity index is 517. The Kier molecular flexibility index (Phi) is 4.62. The standard InChI is InChI=1S/C14H23N5O2/c1-10(2)14(4-5-16-9-14)13(21)18-11-6-17-19(7-11)8-12(20)15-3/h6-7,10,16H,4-5,8-9H2,1-3H3,(H,15,20)(H,18,21). The summed E-state index contributed by atoms with van der Waals surface area (Å²) in [5.41, 5.74) is 0.249. The third-order valence-electron chi connectivity index (χ3n) is 4.22. The largest absolute Gasteiger partial charge is 0.358 e. The number of rotatable bonds is 5. The van der Waals surface area contributed by atoms with Crippen molar-refractivity contribution in [3.63, 3.8) is 0 Å². The maximum atomic E-state index is 12.6. The molecule has 2 heterocycles. The van der Waals surface area contributed by atoms with Gasteiger partial charge in [0.05, 0.1) is 17.3 Å². The van der Waals surface area contributed by atoms with Gasteiger partial charge in [0.25, 0.3) is 0 Å². The maximum Gasteiger partial charge on any atom is 0.241 e. The zero-order valence-electron chi connectivity index (χ0n) is 12.8. The Morgan fingerprint density at radius 3 is 2.86 bits per heavy atom. The number of anilines is 1. The highest BCUT2D eigenvalue weighted by Crippen LogP contribution is 2.35. The summed E-state index contributed by atoms with van der Waals surface area (Å²) >= 11 is 0. The van der Waals surface area contributed by atoms with E-state index in [9.17, 15) is 9.59 Å². The fourth-order valence-corrected chi connectivity index (χ4v) is 2.66. The summed E-state index contributed by atoms with van der Waals surface area (Å²) in [5.74, 6) is 0.144. The first-order valence-corrected chi connectivity index (χ1v) is 7.23. The van der Waals surface area contributed by atoms with Gasteiger partial charge in [0, 0.05) is 19.8 Å². The first-order chi connectivity index (χ1) is 9.98. The lowest BCUT2D eigenvalue weighted by atomic mass is 9.75. The van der Waals surface area contributed by atoms with Crippen molar-refractivity contribution in [2.75, 3.05) is 25.5 Å². The second-order valence-electron chi connectivity index (χ2n) is 5.79. The van der Waals surface area contributed by atoms with Crippen LogP contribution in [-0.2, 0) is 16.1 Å². The Morgan fingerprint density at radius 1 is 1.52 bits per heavy atom. The van der Waals surface area contributed by atoms with Gasteiger partial charge in [-0.15, -0.1) is 0 Å². The van der Waals surface area contributed by atoms with Crippen molar-refractivity contribution in [3.05, 3.63) is 12.4 Å². The van der Waals surface area contributed by atoms with Crippen molar-refractivity contribution in [1.29, 1.82) is 0 Å². The number of amides is 2. The second-order valence-corrected chi connectivity index (χ2v) is 5.79. The van der Waals surface area contributed by atoms with Crippen LogP contribution in [0, 0.1) is 11.3 Å². The average Bonchev–Trinajstić information content (AvgIpc) is 3.08. The Morgan fingerprint density at radius 2 is 2.29 bits per heavy atom. The monoisotopic (exact) mass is 293 g/mol. The van der Waals surface area contributed by atoms with Gasteiger partial charge in [0.2, 0.25) is 11.8 Å². The second kappa shape index (κ2) is 6.26. The molecule has 7 heteroatoms. The molecule has 1 saturated heterocycles. The molecule has 1 aliphatic rings. The molecule has 0 radical (unpaired) electrons. The van der Waals surface area contributed by atoms with Gasteiger partial charge in [-0.2, -0.15) is 5.10 Å². The molecule has 21 heavy (non-hydrogen) atoms. The molecule has 0 aromatic carbocycles. The molecule has 2 amide bonds. The zero-order valence-corrected chi connectivity index (χ0v) is 12.8. The van der Waals surface area contributed by atoms with Gasteiger partial charge < -0.3 is 16.0 Å². The summed E-state index contributed by atoms with van der Waals surface area (Å²) in [6.07, 6.45) is 4.07. The summed E-state index contributed by atoms with van der Waals surface area (Å²) in [6.45, 7) is 5.84. The van der Waals surface area contributed by atoms with E-state index in [1.807, 2.05) is 0 Å². The number of likely N-dealkylation sites (N-methyl/N-ethyl adjacent to an activating group) is 1. The molecule has 1 unspecified atom stereocenters. The van der Waals surface area contributed by atoms with Crippen LogP contribution < -0.4 is 16.0 Å². The summed E-state index contributed by atoms with van der Waals surface area (Å²) in [7, 11) is 1.58. The van der Waals surface area contributed by atoms with Gasteiger partial charge in [0.15, 0.2) is 0 Å². The van der Waals surface area contributed by atoms with Gasteiger partial charge in [-0.1, -0.05) is 13.8 Å². The van der Waals surface area contributed by atoms with E-state index in [2.05, 4.69) is 34.9 Å². The SMILES string of the molecule is CNC(=O)Cn1cc(NC(=O)C2(C(C)C)CCNC2)cn1. The Labute approximate surface area is 124 Å². The number of nitrogens with zero attached hydrogens (tertiary/aromatic N) is 2. The molecule has 0 bridgehead atoms. The van der Waals surface area contributed by atoms with Gasteiger partial charge in [-0.05, 0) is 18.9 Å². The van der Waals surface area contributed by atoms with E-state index in [0.29, 0.717) is 12.2 Å². The third-order valence-corrected chi connectivity index (χ3v) is 4.22. The highest BCUT2D eigenvalue weighted by molar-refractivity contribution is 5.95. The molecule has 3 N–H and O–H groups in total. The first-order valence-electron chi connectivity index (χ1n) is 7.23. The topological polar surface area (TPSA) is 88.0 Å². The van der Waals surface area contributed by atoms with Gasteiger partial charge >= 0.3 is 0 Å². The van der Waals surface area contributed by atoms with Crippen LogP contribution in [0.25, 0.3) is 0 Å². The number of carbonyl (C=O) groups excluding carboxylic acids is 2. The number of nitrogens with one attached hydrogen (secondary N) is 3. The molecule has 0 aliphatic carbocycles. The van der Waals surface area contributed by atoms with Crippen LogP contribution >= 0.6 is 0 Å². The minimum absolute atomic E-state index is 0.0157. The molecule has 0 saturated carbocycles. The lowest BCUT2D eigenvalue weighted by Crippen LogP contribution is -2.42. The van der Waals surface area contributed by atoms with E-state index in [1.165, 1.54) is 4.68 Å². The molecule has 2 rings (SSSR count). The Hall–Kier alpha value is -1.89. The molecule has 116 valence electrons. The average molecular weight is 293 g/mol. The molecule has 1 atom stereocenters. The molecule has 1 aromatic rings. The smallest absolute Gasteiger partial charge is 0.241 e. The Balaban J connectivity index is 2.04. The highest BCUT2D eigenvalue weighted by Gasteiger charge is 2.43. The van der Waals surface area contributed by atoms with E-state index >= 15 is 0 Å². The van der Waals surface area contributed by atoms with Crippen LogP contribution in [0.2, 0.25) is 0 Å². The van der Waals surface area contributed by atoms with Crippen LogP contribution in [0.3, 0.4) is 0 Å². The van der Waals surface area contributed by atoms with E-state index in [-0.39, 0.29) is 29.7 Å². The zero-order chi connectivity index (χ0) is 15.5. The van der Waals surface area contributed by atoms with Crippen LogP contribution in [-0.4, -0.2) is 41.7 Å². The van der Waals surface area contributed by atoms with Crippen molar-refractivity contribution >= 4 is 17.5 Å². The predicted molar refractivity (Wildman–Crippen MR) is 79.7 cm³/mol. The number of hydrogen-bond acceptors (Lipinski definition) is 4. The van der Waals surface area contributed by atoms with Crippen molar-refractivity contribution in [3.8, 4) is 0 Å². The normalized spacial score (nSPS) is 21.5. The van der Waals surface area contributed by atoms with E-state index in [0.717, 1.165) is 13.0 Å². The van der Waals surface area contributed by atoms with Crippen molar-refractivity contribution in [2.45, 2.75) is 26.8 Å². The molecule has 1 aliphatic heterocycles. The predicted octanol–water partition coefficient (Wildman–Crippen LogP) is 0.203. The van der Waals surface area contributed by atoms with E-state index in [1.54, 1.807) is 19.4 Å². The first kappa shape index (κ1) is 15.5. The lowest BCUT2D eigenvalue weighted by Gasteiger charge is -2.30. The van der Waals surface area contributed by atoms with Crippen molar-refractivity contribution in [1.82, 2.24) is 20.4 Å². The number of aromatic nitrogens is 2. The summed E-state index contributed by atoms with van der Waals surface area (Å²) in [4.78, 5) is 23.9. The quantitative estimate of drug-likeness (QED) is 0.724. The molecular weight excluding hydrogens is 270 g/mol. The van der Waals surface area contributed by atoms with Crippen molar-refractivity contribution in [2.24, 2.45) is 11.3 Å². The fourth-order valence-electron chi connectivity index (χ4n) is 2.66. The maximum absolute atomic E-state index is 12.6. The number of carbonyl (C=O) groups is 2. The summed E-state index contributed by atoms with van der Waals surface area (Å²) in [6, 6.07) is 0. The molecular formula is C14H23N5O2. The van der Waals surface area contributed by atoms with E-state index in [4.69, 9.17) is 0 Å². The van der Waals surface area contributed by atoms with Crippen LogP contribution in [0.1, 0.15) is 20.3 Å². The molecule has 7 nitrogen and oxygen atoms in total. The third kappa shape index (κ3) is 3.24. The molecule has 1 fully saturated rings. The summed E-state index contributed by atoms with van der Waals surface area (Å²) in [5, 5.41) is 12.8. The van der Waals surface area contributed by atoms with Gasteiger partial charge in [-0.25, -0.2) is 0 Å². The van der Waals surface area contributed by atoms with Gasteiger partial charge in [0.1, 0.15) is 6.54 Å². The molecule has 0 spiro atoms.